The van der Waals surface area contributed by atoms with E-state index in [0.717, 1.165) is 10.4 Å². The second-order valence-electron chi connectivity index (χ2n) is 1.59. The van der Waals surface area contributed by atoms with Gasteiger partial charge in [-0.2, -0.15) is 5.26 Å². The summed E-state index contributed by atoms with van der Waals surface area (Å²) in [6.07, 6.45) is 0. The van der Waals surface area contributed by atoms with Gasteiger partial charge in [0.2, 0.25) is 0 Å². The number of halogens is 1. The lowest BCUT2D eigenvalue weighted by Gasteiger charge is -1.85. The zero-order valence-electron chi connectivity index (χ0n) is 5.20. The Kier molecular flexibility index (Phi) is 4.05. The predicted molar refractivity (Wildman–Crippen MR) is 44.2 cm³/mol. The molecule has 0 aromatic carbocycles. The van der Waals surface area contributed by atoms with E-state index in [1.807, 2.05) is 11.4 Å². The third kappa shape index (κ3) is 1.71. The monoisotopic (exact) mass is 174 g/mol. The van der Waals surface area contributed by atoms with Crippen LogP contribution in [0.15, 0.2) is 11.4 Å². The van der Waals surface area contributed by atoms with Gasteiger partial charge in [-0.3, -0.25) is 0 Å². The van der Waals surface area contributed by atoms with E-state index in [1.165, 1.54) is 11.3 Å². The van der Waals surface area contributed by atoms with Crippen LogP contribution in [0.5, 0.6) is 0 Å². The smallest absolute Gasteiger partial charge is 0.110 e. The number of hydrogen-bond acceptors (Lipinski definition) is 3. The minimum atomic E-state index is 0. The van der Waals surface area contributed by atoms with Crippen LogP contribution in [0, 0.1) is 11.3 Å². The lowest BCUT2D eigenvalue weighted by atomic mass is 10.3. The molecule has 0 saturated heterocycles. The Morgan fingerprint density at radius 2 is 2.40 bits per heavy atom. The fourth-order valence-electron chi connectivity index (χ4n) is 0.594. The maximum Gasteiger partial charge on any atom is 0.110 e. The van der Waals surface area contributed by atoms with Crippen LogP contribution in [0.3, 0.4) is 0 Å². The van der Waals surface area contributed by atoms with E-state index >= 15 is 0 Å². The van der Waals surface area contributed by atoms with Crippen molar-refractivity contribution in [2.24, 2.45) is 5.73 Å². The highest BCUT2D eigenvalue weighted by Gasteiger charge is 1.98. The summed E-state index contributed by atoms with van der Waals surface area (Å²) in [5, 5.41) is 10.3. The van der Waals surface area contributed by atoms with Crippen molar-refractivity contribution >= 4 is 23.7 Å². The number of hydrogen-bond donors (Lipinski definition) is 1. The summed E-state index contributed by atoms with van der Waals surface area (Å²) >= 11 is 1.43. The van der Waals surface area contributed by atoms with Gasteiger partial charge in [0.25, 0.3) is 0 Å². The first-order chi connectivity index (χ1) is 4.38. The third-order valence-corrected chi connectivity index (χ3v) is 1.93. The molecule has 0 fully saturated rings. The van der Waals surface area contributed by atoms with Crippen LogP contribution < -0.4 is 5.73 Å². The fraction of sp³-hybridized carbons (Fsp3) is 0.167. The molecule has 0 aliphatic heterocycles. The Morgan fingerprint density at radius 3 is 2.80 bits per heavy atom. The topological polar surface area (TPSA) is 49.8 Å². The van der Waals surface area contributed by atoms with Gasteiger partial charge in [-0.15, -0.1) is 23.7 Å². The molecule has 0 unspecified atom stereocenters. The summed E-state index contributed by atoms with van der Waals surface area (Å²) in [5.41, 5.74) is 6.27. The Hall–Kier alpha value is -0.560. The number of rotatable bonds is 1. The first kappa shape index (κ1) is 9.44. The van der Waals surface area contributed by atoms with E-state index in [-0.39, 0.29) is 12.4 Å². The highest BCUT2D eigenvalue weighted by molar-refractivity contribution is 7.10. The maximum atomic E-state index is 8.44. The van der Waals surface area contributed by atoms with Crippen LogP contribution in [0.25, 0.3) is 0 Å². The first-order valence-electron chi connectivity index (χ1n) is 2.55. The largest absolute Gasteiger partial charge is 0.326 e. The van der Waals surface area contributed by atoms with E-state index in [4.69, 9.17) is 11.0 Å². The van der Waals surface area contributed by atoms with Gasteiger partial charge in [0.05, 0.1) is 0 Å². The van der Waals surface area contributed by atoms with Crippen molar-refractivity contribution in [3.8, 4) is 6.07 Å². The molecule has 1 rings (SSSR count). The fourth-order valence-corrected chi connectivity index (χ4v) is 1.32. The van der Waals surface area contributed by atoms with Crippen LogP contribution in [0.2, 0.25) is 0 Å². The number of nitriles is 1. The van der Waals surface area contributed by atoms with Gasteiger partial charge in [0.1, 0.15) is 10.9 Å². The second kappa shape index (κ2) is 4.29. The second-order valence-corrected chi connectivity index (χ2v) is 2.51. The number of thiophene rings is 1. The SMILES string of the molecule is Cl.N#Cc1sccc1CN. The van der Waals surface area contributed by atoms with Crippen molar-refractivity contribution < 1.29 is 0 Å². The van der Waals surface area contributed by atoms with Gasteiger partial charge in [-0.1, -0.05) is 0 Å². The Morgan fingerprint density at radius 1 is 1.70 bits per heavy atom. The van der Waals surface area contributed by atoms with Crippen LogP contribution >= 0.6 is 23.7 Å². The van der Waals surface area contributed by atoms with Crippen LogP contribution in [0.1, 0.15) is 10.4 Å². The van der Waals surface area contributed by atoms with E-state index in [0.29, 0.717) is 6.54 Å². The molecule has 1 aromatic rings. The first-order valence-corrected chi connectivity index (χ1v) is 3.43. The molecule has 10 heavy (non-hydrogen) atoms. The molecule has 0 bridgehead atoms. The Bertz CT molecular complexity index is 238. The molecule has 2 N–H and O–H groups in total. The lowest BCUT2D eigenvalue weighted by molar-refractivity contribution is 1.08. The molecule has 1 heterocycles. The minimum absolute atomic E-state index is 0. The average Bonchev–Trinajstić information content (AvgIpc) is 2.33. The predicted octanol–water partition coefficient (Wildman–Crippen LogP) is 1.50. The minimum Gasteiger partial charge on any atom is -0.326 e. The molecule has 0 amide bonds. The molecule has 1 aromatic heterocycles. The molecule has 2 nitrogen and oxygen atoms in total. The zero-order valence-corrected chi connectivity index (χ0v) is 6.84. The van der Waals surface area contributed by atoms with Crippen molar-refractivity contribution in [3.05, 3.63) is 21.9 Å². The van der Waals surface area contributed by atoms with Gasteiger partial charge in [-0.05, 0) is 17.0 Å². The van der Waals surface area contributed by atoms with Crippen LogP contribution in [-0.4, -0.2) is 0 Å². The van der Waals surface area contributed by atoms with Crippen LogP contribution in [-0.2, 0) is 6.54 Å². The van der Waals surface area contributed by atoms with Gasteiger partial charge in [0.15, 0.2) is 0 Å². The van der Waals surface area contributed by atoms with Crippen molar-refractivity contribution in [3.63, 3.8) is 0 Å². The summed E-state index contributed by atoms with van der Waals surface area (Å²) in [4.78, 5) is 0.734. The van der Waals surface area contributed by atoms with E-state index < -0.39 is 0 Å². The third-order valence-electron chi connectivity index (χ3n) is 1.07. The van der Waals surface area contributed by atoms with Crippen molar-refractivity contribution in [2.75, 3.05) is 0 Å². The quantitative estimate of drug-likeness (QED) is 0.702. The van der Waals surface area contributed by atoms with Crippen molar-refractivity contribution in [1.29, 1.82) is 5.26 Å². The maximum absolute atomic E-state index is 8.44. The normalized spacial score (nSPS) is 8.00. The molecular formula is C6H7ClN2S. The number of nitrogens with zero attached hydrogens (tertiary/aromatic N) is 1. The molecule has 0 atom stereocenters. The molecule has 0 spiro atoms. The Labute approximate surface area is 69.7 Å². The standard InChI is InChI=1S/C6H6N2S.ClH/c7-3-5-1-2-9-6(5)4-8;/h1-2H,3,7H2;1H. The van der Waals surface area contributed by atoms with Crippen LogP contribution in [0.4, 0.5) is 0 Å². The molecule has 0 aliphatic rings. The molecule has 4 heteroatoms. The van der Waals surface area contributed by atoms with Gasteiger partial charge < -0.3 is 5.73 Å². The molecule has 0 saturated carbocycles. The highest BCUT2D eigenvalue weighted by Crippen LogP contribution is 2.13. The average molecular weight is 175 g/mol. The molecular weight excluding hydrogens is 168 g/mol. The molecule has 0 radical (unpaired) electrons. The van der Waals surface area contributed by atoms with Gasteiger partial charge >= 0.3 is 0 Å². The van der Waals surface area contributed by atoms with E-state index in [9.17, 15) is 0 Å². The summed E-state index contributed by atoms with van der Waals surface area (Å²) in [6.45, 7) is 0.465. The number of nitrogens with two attached hydrogens (primary N) is 1. The van der Waals surface area contributed by atoms with Crippen molar-refractivity contribution in [1.82, 2.24) is 0 Å². The summed E-state index contributed by atoms with van der Waals surface area (Å²) in [6, 6.07) is 3.94. The van der Waals surface area contributed by atoms with Crippen molar-refractivity contribution in [2.45, 2.75) is 6.54 Å². The van der Waals surface area contributed by atoms with Gasteiger partial charge in [0, 0.05) is 6.54 Å². The summed E-state index contributed by atoms with van der Waals surface area (Å²) < 4.78 is 0. The molecule has 54 valence electrons. The molecule has 0 aliphatic carbocycles. The zero-order chi connectivity index (χ0) is 6.69. The Balaban J connectivity index is 0.000000810. The lowest BCUT2D eigenvalue weighted by Crippen LogP contribution is -1.95. The van der Waals surface area contributed by atoms with E-state index in [1.54, 1.807) is 0 Å². The van der Waals surface area contributed by atoms with Gasteiger partial charge in [-0.25, -0.2) is 0 Å². The van der Waals surface area contributed by atoms with E-state index in [2.05, 4.69) is 6.07 Å². The highest BCUT2D eigenvalue weighted by atomic mass is 35.5. The summed E-state index contributed by atoms with van der Waals surface area (Å²) in [7, 11) is 0. The summed E-state index contributed by atoms with van der Waals surface area (Å²) in [5.74, 6) is 0.